The zero-order valence-electron chi connectivity index (χ0n) is 14.7. The number of nitrogens with one attached hydrogen (secondary N) is 2. The van der Waals surface area contributed by atoms with E-state index in [9.17, 15) is 19.8 Å². The van der Waals surface area contributed by atoms with Gasteiger partial charge in [-0.3, -0.25) is 14.5 Å². The van der Waals surface area contributed by atoms with Crippen LogP contribution in [0, 0.1) is 6.92 Å². The van der Waals surface area contributed by atoms with Crippen LogP contribution < -0.4 is 10.6 Å². The molecule has 1 aliphatic heterocycles. The van der Waals surface area contributed by atoms with Crippen LogP contribution in [0.3, 0.4) is 0 Å². The molecule has 1 aromatic rings. The average Bonchev–Trinajstić information content (AvgIpc) is 3.01. The van der Waals surface area contributed by atoms with Gasteiger partial charge in [0.05, 0.1) is 37.8 Å². The first-order chi connectivity index (χ1) is 11.9. The zero-order chi connectivity index (χ0) is 18.4. The Morgan fingerprint density at radius 2 is 2.16 bits per heavy atom. The molecule has 4 N–H and O–H groups in total. The number of rotatable bonds is 8. The molecule has 1 aromatic heterocycles. The quantitative estimate of drug-likeness (QED) is 0.502. The van der Waals surface area contributed by atoms with E-state index in [1.165, 1.54) is 0 Å². The van der Waals surface area contributed by atoms with Gasteiger partial charge in [-0.25, -0.2) is 0 Å². The molecule has 140 valence electrons. The Balaban J connectivity index is 2.04. The van der Waals surface area contributed by atoms with Gasteiger partial charge < -0.3 is 25.3 Å². The molecule has 1 atom stereocenters. The van der Waals surface area contributed by atoms with Gasteiger partial charge in [-0.05, 0) is 25.5 Å². The number of furan rings is 1. The lowest BCUT2D eigenvalue weighted by atomic mass is 9.97. The molecule has 25 heavy (non-hydrogen) atoms. The highest BCUT2D eigenvalue weighted by molar-refractivity contribution is 5.89. The summed E-state index contributed by atoms with van der Waals surface area (Å²) < 4.78 is 5.57. The van der Waals surface area contributed by atoms with Gasteiger partial charge in [-0.15, -0.1) is 0 Å². The highest BCUT2D eigenvalue weighted by atomic mass is 16.3. The predicted octanol–water partition coefficient (Wildman–Crippen LogP) is -0.472. The average molecular weight is 353 g/mol. The smallest absolute Gasteiger partial charge is 0.237 e. The van der Waals surface area contributed by atoms with Crippen LogP contribution in [0.25, 0.3) is 0 Å². The van der Waals surface area contributed by atoms with E-state index in [0.29, 0.717) is 26.1 Å². The minimum Gasteiger partial charge on any atom is -0.465 e. The molecule has 8 heteroatoms. The molecule has 0 bridgehead atoms. The summed E-state index contributed by atoms with van der Waals surface area (Å²) in [6.07, 6.45) is 0.339. The van der Waals surface area contributed by atoms with E-state index in [2.05, 4.69) is 10.6 Å². The Hall–Kier alpha value is -1.90. The molecule has 2 rings (SSSR count). The second-order valence-corrected chi connectivity index (χ2v) is 6.49. The molecule has 0 aliphatic carbocycles. The number of amides is 2. The Morgan fingerprint density at radius 3 is 2.72 bits per heavy atom. The van der Waals surface area contributed by atoms with E-state index >= 15 is 0 Å². The number of aliphatic hydroxyl groups excluding tert-OH is 2. The lowest BCUT2D eigenvalue weighted by Gasteiger charge is -2.35. The molecule has 0 spiro atoms. The molecule has 0 aromatic carbocycles. The largest absolute Gasteiger partial charge is 0.465 e. The van der Waals surface area contributed by atoms with Crippen LogP contribution in [-0.4, -0.2) is 64.8 Å². The van der Waals surface area contributed by atoms with Gasteiger partial charge in [0.25, 0.3) is 0 Å². The maximum Gasteiger partial charge on any atom is 0.237 e. The van der Waals surface area contributed by atoms with Crippen molar-refractivity contribution in [3.8, 4) is 0 Å². The highest BCUT2D eigenvalue weighted by Gasteiger charge is 2.35. The predicted molar refractivity (Wildman–Crippen MR) is 90.6 cm³/mol. The molecular formula is C17H27N3O5. The first-order valence-corrected chi connectivity index (χ1v) is 8.53. The van der Waals surface area contributed by atoms with Crippen LogP contribution in [0.1, 0.15) is 31.3 Å². The van der Waals surface area contributed by atoms with Crippen molar-refractivity contribution in [2.75, 3.05) is 26.3 Å². The number of carbonyl (C=O) groups excluding carboxylic acids is 2. The van der Waals surface area contributed by atoms with Crippen LogP contribution in [0.4, 0.5) is 0 Å². The van der Waals surface area contributed by atoms with Gasteiger partial charge in [0.1, 0.15) is 11.5 Å². The van der Waals surface area contributed by atoms with E-state index < -0.39 is 11.6 Å². The lowest BCUT2D eigenvalue weighted by molar-refractivity contribution is -0.135. The summed E-state index contributed by atoms with van der Waals surface area (Å²) in [6, 6.07) is 3.10. The zero-order valence-corrected chi connectivity index (χ0v) is 14.7. The summed E-state index contributed by atoms with van der Waals surface area (Å²) >= 11 is 0. The monoisotopic (exact) mass is 353 g/mol. The number of hydrogen-bond acceptors (Lipinski definition) is 6. The summed E-state index contributed by atoms with van der Waals surface area (Å²) in [7, 11) is 0. The number of aryl methyl sites for hydroxylation is 1. The third-order valence-electron chi connectivity index (χ3n) is 4.66. The van der Waals surface area contributed by atoms with Crippen molar-refractivity contribution in [3.63, 3.8) is 0 Å². The van der Waals surface area contributed by atoms with Crippen LogP contribution in [0.15, 0.2) is 16.5 Å². The summed E-state index contributed by atoms with van der Waals surface area (Å²) in [5, 5.41) is 24.4. The van der Waals surface area contributed by atoms with Gasteiger partial charge >= 0.3 is 0 Å². The maximum absolute atomic E-state index is 12.4. The molecule has 8 nitrogen and oxygen atoms in total. The molecule has 0 unspecified atom stereocenters. The van der Waals surface area contributed by atoms with Crippen molar-refractivity contribution >= 4 is 11.8 Å². The Bertz CT molecular complexity index is 589. The fourth-order valence-electron chi connectivity index (χ4n) is 2.91. The van der Waals surface area contributed by atoms with Gasteiger partial charge in [-0.2, -0.15) is 0 Å². The molecule has 2 heterocycles. The van der Waals surface area contributed by atoms with Crippen molar-refractivity contribution in [1.82, 2.24) is 15.5 Å². The molecule has 2 amide bonds. The van der Waals surface area contributed by atoms with E-state index in [1.54, 1.807) is 6.92 Å². The summed E-state index contributed by atoms with van der Waals surface area (Å²) in [6.45, 7) is 4.47. The van der Waals surface area contributed by atoms with Gasteiger partial charge in [0.2, 0.25) is 11.8 Å². The molecule has 0 radical (unpaired) electrons. The maximum atomic E-state index is 12.4. The van der Waals surface area contributed by atoms with Crippen molar-refractivity contribution < 1.29 is 24.2 Å². The normalized spacial score (nSPS) is 18.9. The Kier molecular flexibility index (Phi) is 6.57. The number of carbonyl (C=O) groups is 2. The Morgan fingerprint density at radius 1 is 1.44 bits per heavy atom. The third-order valence-corrected chi connectivity index (χ3v) is 4.66. The van der Waals surface area contributed by atoms with Crippen LogP contribution in [-0.2, 0) is 16.1 Å². The third kappa shape index (κ3) is 4.81. The molecule has 1 fully saturated rings. The lowest BCUT2D eigenvalue weighted by Crippen LogP contribution is -2.58. The first kappa shape index (κ1) is 19.4. The number of piperazine rings is 1. The van der Waals surface area contributed by atoms with E-state index in [0.717, 1.165) is 11.5 Å². The van der Waals surface area contributed by atoms with Crippen molar-refractivity contribution in [2.45, 2.75) is 44.8 Å². The van der Waals surface area contributed by atoms with Crippen LogP contribution >= 0.6 is 0 Å². The van der Waals surface area contributed by atoms with Crippen LogP contribution in [0.5, 0.6) is 0 Å². The minimum atomic E-state index is -1.06. The molecular weight excluding hydrogens is 326 g/mol. The van der Waals surface area contributed by atoms with Crippen LogP contribution in [0.2, 0.25) is 0 Å². The second-order valence-electron chi connectivity index (χ2n) is 6.49. The molecule has 0 saturated carbocycles. The summed E-state index contributed by atoms with van der Waals surface area (Å²) in [5.41, 5.74) is -1.06. The van der Waals surface area contributed by atoms with E-state index in [4.69, 9.17) is 4.42 Å². The second kappa shape index (κ2) is 8.46. The fraction of sp³-hybridized carbons (Fsp3) is 0.647. The standard InChI is InChI=1S/C17H27N3O5/c1-3-17(10-21,11-22)19-15(23)8-14-16(24)18-6-7-20(14)9-13-5-4-12(2)25-13/h4-5,14,21-22H,3,6-11H2,1-2H3,(H,18,24)(H,19,23)/t14-/m1/s1. The molecule has 1 saturated heterocycles. The highest BCUT2D eigenvalue weighted by Crippen LogP contribution is 2.17. The van der Waals surface area contributed by atoms with E-state index in [1.807, 2.05) is 24.0 Å². The van der Waals surface area contributed by atoms with Crippen molar-refractivity contribution in [2.24, 2.45) is 0 Å². The van der Waals surface area contributed by atoms with Crippen molar-refractivity contribution in [3.05, 3.63) is 23.7 Å². The topological polar surface area (TPSA) is 115 Å². The first-order valence-electron chi connectivity index (χ1n) is 8.53. The number of hydrogen-bond donors (Lipinski definition) is 4. The Labute approximate surface area is 147 Å². The van der Waals surface area contributed by atoms with Gasteiger partial charge in [-0.1, -0.05) is 6.92 Å². The molecule has 1 aliphatic rings. The number of aliphatic hydroxyl groups is 2. The van der Waals surface area contributed by atoms with Crippen molar-refractivity contribution in [1.29, 1.82) is 0 Å². The number of nitrogens with zero attached hydrogens (tertiary/aromatic N) is 1. The van der Waals surface area contributed by atoms with Gasteiger partial charge in [0.15, 0.2) is 0 Å². The summed E-state index contributed by atoms with van der Waals surface area (Å²) in [5.74, 6) is 0.947. The van der Waals surface area contributed by atoms with E-state index in [-0.39, 0.29) is 31.4 Å². The summed E-state index contributed by atoms with van der Waals surface area (Å²) in [4.78, 5) is 26.5. The minimum absolute atomic E-state index is 0.0483. The van der Waals surface area contributed by atoms with Gasteiger partial charge in [0, 0.05) is 13.1 Å². The fourth-order valence-corrected chi connectivity index (χ4v) is 2.91. The SMILES string of the molecule is CCC(CO)(CO)NC(=O)C[C@@H]1C(=O)NCCN1Cc1ccc(C)o1.